The molecule has 4 nitrogen and oxygen atoms in total. The molecule has 0 radical (unpaired) electrons. The summed E-state index contributed by atoms with van der Waals surface area (Å²) in [6, 6.07) is 37.2. The summed E-state index contributed by atoms with van der Waals surface area (Å²) in [5.74, 6) is 0. The Morgan fingerprint density at radius 1 is 0.487 bits per heavy atom. The van der Waals surface area contributed by atoms with E-state index in [-0.39, 0.29) is 0 Å². The summed E-state index contributed by atoms with van der Waals surface area (Å²) in [5.41, 5.74) is 12.9. The molecule has 0 aliphatic rings. The van der Waals surface area contributed by atoms with Gasteiger partial charge in [0.2, 0.25) is 0 Å². The lowest BCUT2D eigenvalue weighted by Crippen LogP contribution is -1.87. The zero-order valence-electron chi connectivity index (χ0n) is 20.9. The molecule has 4 heterocycles. The SMILES string of the molecule is Cc1cc(-c2ccc3sc4nc5ccccc5n4c3c2)cc(-c2ccc3sc4nc5ccccc5n4c3c2)c1. The van der Waals surface area contributed by atoms with Crippen LogP contribution in [-0.4, -0.2) is 18.8 Å². The van der Waals surface area contributed by atoms with E-state index >= 15 is 0 Å². The first-order valence-electron chi connectivity index (χ1n) is 12.9. The van der Waals surface area contributed by atoms with Gasteiger partial charge in [-0.15, -0.1) is 0 Å². The summed E-state index contributed by atoms with van der Waals surface area (Å²) in [4.78, 5) is 11.8. The van der Waals surface area contributed by atoms with Crippen molar-refractivity contribution in [3.05, 3.63) is 109 Å². The van der Waals surface area contributed by atoms with E-state index in [0.717, 1.165) is 32.0 Å². The topological polar surface area (TPSA) is 34.6 Å². The van der Waals surface area contributed by atoms with Crippen molar-refractivity contribution >= 4 is 75.1 Å². The van der Waals surface area contributed by atoms with Crippen molar-refractivity contribution in [2.24, 2.45) is 0 Å². The number of rotatable bonds is 2. The monoisotopic (exact) mass is 536 g/mol. The number of nitrogens with zero attached hydrogens (tertiary/aromatic N) is 4. The normalized spacial score (nSPS) is 12.2. The van der Waals surface area contributed by atoms with E-state index in [0.29, 0.717) is 0 Å². The van der Waals surface area contributed by atoms with Crippen LogP contribution in [0.3, 0.4) is 0 Å². The molecule has 0 amide bonds. The van der Waals surface area contributed by atoms with E-state index in [1.54, 1.807) is 22.7 Å². The molecule has 184 valence electrons. The van der Waals surface area contributed by atoms with Gasteiger partial charge in [-0.3, -0.25) is 8.80 Å². The Balaban J connectivity index is 1.22. The van der Waals surface area contributed by atoms with Crippen LogP contribution in [0.2, 0.25) is 0 Å². The van der Waals surface area contributed by atoms with Crippen molar-refractivity contribution < 1.29 is 0 Å². The third kappa shape index (κ3) is 3.10. The molecule has 4 aromatic heterocycles. The van der Waals surface area contributed by atoms with Gasteiger partial charge in [-0.25, -0.2) is 9.97 Å². The number of hydrogen-bond acceptors (Lipinski definition) is 4. The van der Waals surface area contributed by atoms with Crippen molar-refractivity contribution in [1.82, 2.24) is 18.8 Å². The fourth-order valence-corrected chi connectivity index (χ4v) is 7.88. The highest BCUT2D eigenvalue weighted by Crippen LogP contribution is 2.37. The third-order valence-corrected chi connectivity index (χ3v) is 9.65. The maximum absolute atomic E-state index is 4.86. The van der Waals surface area contributed by atoms with Gasteiger partial charge in [0.25, 0.3) is 0 Å². The van der Waals surface area contributed by atoms with E-state index in [4.69, 9.17) is 9.97 Å². The van der Waals surface area contributed by atoms with Crippen molar-refractivity contribution in [3.63, 3.8) is 0 Å². The molecule has 0 aliphatic heterocycles. The molecule has 0 N–H and O–H groups in total. The van der Waals surface area contributed by atoms with Crippen molar-refractivity contribution in [1.29, 1.82) is 0 Å². The predicted molar refractivity (Wildman–Crippen MR) is 165 cm³/mol. The Morgan fingerprint density at radius 3 is 1.49 bits per heavy atom. The second-order valence-corrected chi connectivity index (χ2v) is 12.1. The van der Waals surface area contributed by atoms with Crippen LogP contribution in [0.1, 0.15) is 5.56 Å². The first-order valence-corrected chi connectivity index (χ1v) is 14.5. The molecule has 0 atom stereocenters. The highest BCUT2D eigenvalue weighted by molar-refractivity contribution is 7.24. The molecule has 0 aliphatic carbocycles. The minimum Gasteiger partial charge on any atom is -0.283 e. The standard InChI is InChI=1S/C33H20N4S2/c1-19-14-22(20-10-12-30-28(17-20)36-26-8-4-2-6-24(26)34-32(36)38-30)16-23(15-19)21-11-13-31-29(18-21)37-27-9-5-3-7-25(27)35-33(37)39-31/h2-18H,1H3. The number of aryl methyl sites for hydroxylation is 1. The van der Waals surface area contributed by atoms with Crippen LogP contribution < -0.4 is 0 Å². The number of aromatic nitrogens is 4. The van der Waals surface area contributed by atoms with Gasteiger partial charge < -0.3 is 0 Å². The number of benzene rings is 5. The van der Waals surface area contributed by atoms with Crippen LogP contribution >= 0.6 is 22.7 Å². The number of thiazole rings is 2. The minimum atomic E-state index is 1.04. The Morgan fingerprint density at radius 2 is 0.974 bits per heavy atom. The smallest absolute Gasteiger partial charge is 0.195 e. The van der Waals surface area contributed by atoms with Gasteiger partial charge in [0.15, 0.2) is 9.92 Å². The van der Waals surface area contributed by atoms with Gasteiger partial charge in [0.05, 0.1) is 42.5 Å². The van der Waals surface area contributed by atoms with E-state index in [2.05, 4.69) is 119 Å². The molecule has 9 rings (SSSR count). The number of hydrogen-bond donors (Lipinski definition) is 0. The van der Waals surface area contributed by atoms with Crippen LogP contribution in [0.25, 0.3) is 74.7 Å². The largest absolute Gasteiger partial charge is 0.283 e. The Labute approximate surface area is 231 Å². The van der Waals surface area contributed by atoms with E-state index in [9.17, 15) is 0 Å². The van der Waals surface area contributed by atoms with Gasteiger partial charge in [-0.2, -0.15) is 0 Å². The van der Waals surface area contributed by atoms with Crippen LogP contribution in [0.4, 0.5) is 0 Å². The third-order valence-electron chi connectivity index (χ3n) is 7.61. The lowest BCUT2D eigenvalue weighted by molar-refractivity contribution is 1.34. The van der Waals surface area contributed by atoms with Crippen LogP contribution in [-0.2, 0) is 0 Å². The second kappa shape index (κ2) is 7.76. The molecule has 0 spiro atoms. The van der Waals surface area contributed by atoms with Gasteiger partial charge in [-0.1, -0.05) is 71.2 Å². The molecule has 9 aromatic rings. The summed E-state index contributed by atoms with van der Waals surface area (Å²) in [6.07, 6.45) is 0. The molecule has 5 aromatic carbocycles. The average Bonchev–Trinajstić information content (AvgIpc) is 3.69. The van der Waals surface area contributed by atoms with Gasteiger partial charge >= 0.3 is 0 Å². The van der Waals surface area contributed by atoms with Gasteiger partial charge in [0, 0.05) is 0 Å². The van der Waals surface area contributed by atoms with E-state index < -0.39 is 0 Å². The van der Waals surface area contributed by atoms with E-state index in [1.807, 2.05) is 0 Å². The van der Waals surface area contributed by atoms with Crippen LogP contribution in [0.5, 0.6) is 0 Å². The van der Waals surface area contributed by atoms with Gasteiger partial charge in [-0.05, 0) is 89.3 Å². The summed E-state index contributed by atoms with van der Waals surface area (Å²) >= 11 is 3.49. The number of para-hydroxylation sites is 4. The number of imidazole rings is 2. The second-order valence-electron chi connectivity index (χ2n) is 10.1. The molecular weight excluding hydrogens is 517 g/mol. The molecule has 0 saturated carbocycles. The van der Waals surface area contributed by atoms with Crippen LogP contribution in [0, 0.1) is 6.92 Å². The first-order chi connectivity index (χ1) is 19.2. The summed E-state index contributed by atoms with van der Waals surface area (Å²) in [6.45, 7) is 2.18. The van der Waals surface area contributed by atoms with Crippen molar-refractivity contribution in [2.75, 3.05) is 0 Å². The highest BCUT2D eigenvalue weighted by atomic mass is 32.1. The molecule has 0 saturated heterocycles. The van der Waals surface area contributed by atoms with Crippen molar-refractivity contribution in [2.45, 2.75) is 6.92 Å². The maximum atomic E-state index is 4.86. The molecule has 0 unspecified atom stereocenters. The fraction of sp³-hybridized carbons (Fsp3) is 0.0303. The maximum Gasteiger partial charge on any atom is 0.195 e. The summed E-state index contributed by atoms with van der Waals surface area (Å²) < 4.78 is 7.08. The summed E-state index contributed by atoms with van der Waals surface area (Å²) in [7, 11) is 0. The molecule has 39 heavy (non-hydrogen) atoms. The zero-order valence-corrected chi connectivity index (χ0v) is 22.6. The highest BCUT2D eigenvalue weighted by Gasteiger charge is 2.14. The quantitative estimate of drug-likeness (QED) is 0.221. The molecule has 0 bridgehead atoms. The van der Waals surface area contributed by atoms with Crippen LogP contribution in [0.15, 0.2) is 103 Å². The number of fused-ring (bicyclic) bond motifs is 10. The molecular formula is C33H20N4S2. The van der Waals surface area contributed by atoms with E-state index in [1.165, 1.54) is 48.3 Å². The lowest BCUT2D eigenvalue weighted by atomic mass is 9.96. The Kier molecular flexibility index (Phi) is 4.26. The first kappa shape index (κ1) is 21.4. The molecule has 0 fully saturated rings. The average molecular weight is 537 g/mol. The predicted octanol–water partition coefficient (Wildman–Crippen LogP) is 9.36. The Bertz CT molecular complexity index is 2250. The Hall–Kier alpha value is -4.52. The molecule has 6 heteroatoms. The van der Waals surface area contributed by atoms with Crippen molar-refractivity contribution in [3.8, 4) is 22.3 Å². The van der Waals surface area contributed by atoms with Gasteiger partial charge in [0.1, 0.15) is 0 Å². The summed E-state index contributed by atoms with van der Waals surface area (Å²) in [5, 5.41) is 0. The minimum absolute atomic E-state index is 1.04. The lowest BCUT2D eigenvalue weighted by Gasteiger charge is -2.10. The zero-order chi connectivity index (χ0) is 25.7. The fourth-order valence-electron chi connectivity index (χ4n) is 5.84.